The van der Waals surface area contributed by atoms with Crippen molar-refractivity contribution in [2.45, 2.75) is 0 Å². The van der Waals surface area contributed by atoms with E-state index in [2.05, 4.69) is 22.6 Å². The molecule has 1 N–H and O–H groups in total. The number of rotatable bonds is 1. The Morgan fingerprint density at radius 2 is 2.55 bits per heavy atom. The molecule has 56 valence electrons. The highest BCUT2D eigenvalue weighted by atomic mass is 127. The summed E-state index contributed by atoms with van der Waals surface area (Å²) in [4.78, 5) is 10.9. The zero-order valence-electron chi connectivity index (χ0n) is 5.30. The van der Waals surface area contributed by atoms with Crippen molar-refractivity contribution in [2.75, 3.05) is 0 Å². The Morgan fingerprint density at radius 1 is 1.82 bits per heavy atom. The van der Waals surface area contributed by atoms with Crippen LogP contribution in [0.5, 0.6) is 0 Å². The average Bonchev–Trinajstić information content (AvgIpc) is 2.36. The molecule has 1 heterocycles. The van der Waals surface area contributed by atoms with E-state index in [0.29, 0.717) is 5.56 Å². The molecule has 1 rings (SSSR count). The van der Waals surface area contributed by atoms with Crippen LogP contribution in [0.3, 0.4) is 0 Å². The Hall–Kier alpha value is -0.610. The van der Waals surface area contributed by atoms with Gasteiger partial charge >= 0.3 is 0 Å². The second-order valence-corrected chi connectivity index (χ2v) is 4.51. The minimum atomic E-state index is -0.341. The van der Waals surface area contributed by atoms with Gasteiger partial charge in [-0.15, -0.1) is 11.3 Å². The minimum absolute atomic E-state index is 0.341. The number of nitrogens with one attached hydrogen (secondary N) is 1. The molecule has 0 saturated carbocycles. The number of hydrogen-bond acceptors (Lipinski definition) is 3. The predicted molar refractivity (Wildman–Crippen MR) is 50.1 cm³/mol. The van der Waals surface area contributed by atoms with Crippen molar-refractivity contribution in [1.82, 2.24) is 5.32 Å². The largest absolute Gasteiger partial charge is 0.268 e. The first-order valence-corrected chi connectivity index (χ1v) is 4.63. The molecular weight excluding hydrogens is 275 g/mol. The molecule has 1 aromatic heterocycles. The van der Waals surface area contributed by atoms with Gasteiger partial charge in [-0.2, -0.15) is 5.26 Å². The monoisotopic (exact) mass is 278 g/mol. The van der Waals surface area contributed by atoms with E-state index in [1.807, 2.05) is 5.32 Å². The lowest BCUT2D eigenvalue weighted by atomic mass is 10.3. The third kappa shape index (κ3) is 2.17. The number of nitriles is 1. The van der Waals surface area contributed by atoms with Crippen molar-refractivity contribution < 1.29 is 4.79 Å². The molecule has 1 aromatic rings. The first-order chi connectivity index (χ1) is 5.24. The summed E-state index contributed by atoms with van der Waals surface area (Å²) in [6, 6.07) is 1.73. The van der Waals surface area contributed by atoms with Gasteiger partial charge in [0.1, 0.15) is 0 Å². The molecule has 0 radical (unpaired) electrons. The van der Waals surface area contributed by atoms with Gasteiger partial charge in [-0.05, 0) is 28.7 Å². The summed E-state index contributed by atoms with van der Waals surface area (Å²) in [6.45, 7) is 0. The topological polar surface area (TPSA) is 52.9 Å². The Balaban J connectivity index is 2.78. The summed E-state index contributed by atoms with van der Waals surface area (Å²) in [5.41, 5.74) is 0.543. The highest BCUT2D eigenvalue weighted by molar-refractivity contribution is 14.1. The first kappa shape index (κ1) is 8.49. The lowest BCUT2D eigenvalue weighted by Crippen LogP contribution is -2.16. The average molecular weight is 278 g/mol. The molecule has 11 heavy (non-hydrogen) atoms. The van der Waals surface area contributed by atoms with E-state index in [9.17, 15) is 4.79 Å². The Morgan fingerprint density at radius 3 is 3.00 bits per heavy atom. The first-order valence-electron chi connectivity index (χ1n) is 2.67. The smallest absolute Gasteiger partial charge is 0.265 e. The van der Waals surface area contributed by atoms with Gasteiger partial charge in [0.2, 0.25) is 0 Å². The number of nitrogens with zero attached hydrogens (tertiary/aromatic N) is 1. The SMILES string of the molecule is N#CNC(=O)c1csc(I)c1. The maximum atomic E-state index is 10.9. The van der Waals surface area contributed by atoms with Gasteiger partial charge in [0.25, 0.3) is 5.91 Å². The van der Waals surface area contributed by atoms with Crippen LogP contribution >= 0.6 is 33.9 Å². The molecule has 0 atom stereocenters. The fourth-order valence-corrected chi connectivity index (χ4v) is 1.88. The second kappa shape index (κ2) is 3.69. The fraction of sp³-hybridized carbons (Fsp3) is 0. The fourth-order valence-electron chi connectivity index (χ4n) is 0.552. The van der Waals surface area contributed by atoms with Crippen molar-refractivity contribution in [3.8, 4) is 6.19 Å². The molecule has 1 amide bonds. The summed E-state index contributed by atoms with van der Waals surface area (Å²) in [7, 11) is 0. The van der Waals surface area contributed by atoms with Gasteiger partial charge in [-0.1, -0.05) is 0 Å². The van der Waals surface area contributed by atoms with Crippen LogP contribution < -0.4 is 5.32 Å². The summed E-state index contributed by atoms with van der Waals surface area (Å²) in [5.74, 6) is -0.341. The lowest BCUT2D eigenvalue weighted by Gasteiger charge is -1.88. The number of amides is 1. The Kier molecular flexibility index (Phi) is 2.84. The highest BCUT2D eigenvalue weighted by Gasteiger charge is 2.05. The third-order valence-electron chi connectivity index (χ3n) is 0.999. The minimum Gasteiger partial charge on any atom is -0.268 e. The molecule has 3 nitrogen and oxygen atoms in total. The summed E-state index contributed by atoms with van der Waals surface area (Å²) in [5, 5.41) is 11.9. The van der Waals surface area contributed by atoms with Crippen molar-refractivity contribution >= 4 is 39.8 Å². The predicted octanol–water partition coefficient (Wildman–Crippen LogP) is 1.56. The molecule has 0 aliphatic rings. The molecule has 0 spiro atoms. The molecule has 5 heteroatoms. The number of thiophene rings is 1. The second-order valence-electron chi connectivity index (χ2n) is 1.71. The molecular formula is C6H3IN2OS. The van der Waals surface area contributed by atoms with Crippen molar-refractivity contribution in [2.24, 2.45) is 0 Å². The van der Waals surface area contributed by atoms with Crippen LogP contribution in [0.1, 0.15) is 10.4 Å². The molecule has 0 unspecified atom stereocenters. The van der Waals surface area contributed by atoms with E-state index >= 15 is 0 Å². The van der Waals surface area contributed by atoms with Gasteiger partial charge in [0.05, 0.1) is 8.45 Å². The summed E-state index contributed by atoms with van der Waals surface area (Å²) in [6.07, 6.45) is 1.58. The lowest BCUT2D eigenvalue weighted by molar-refractivity contribution is 0.0973. The van der Waals surface area contributed by atoms with Crippen LogP contribution in [0.2, 0.25) is 0 Å². The number of carbonyl (C=O) groups is 1. The summed E-state index contributed by atoms with van der Waals surface area (Å²) < 4.78 is 1.03. The van der Waals surface area contributed by atoms with E-state index in [1.165, 1.54) is 11.3 Å². The summed E-state index contributed by atoms with van der Waals surface area (Å²) >= 11 is 3.59. The van der Waals surface area contributed by atoms with Crippen LogP contribution in [0.25, 0.3) is 0 Å². The Bertz CT molecular complexity index is 315. The highest BCUT2D eigenvalue weighted by Crippen LogP contribution is 2.16. The maximum absolute atomic E-state index is 10.9. The van der Waals surface area contributed by atoms with Gasteiger partial charge in [0, 0.05) is 5.38 Å². The number of hydrogen-bond donors (Lipinski definition) is 1. The Labute approximate surface area is 81.2 Å². The standard InChI is InChI=1S/C6H3IN2OS/c7-5-1-4(2-11-5)6(10)9-3-8/h1-2H,(H,9,10). The number of carbonyl (C=O) groups excluding carboxylic acids is 1. The van der Waals surface area contributed by atoms with Gasteiger partial charge < -0.3 is 0 Å². The van der Waals surface area contributed by atoms with Crippen molar-refractivity contribution in [3.05, 3.63) is 19.9 Å². The molecule has 0 aliphatic carbocycles. The molecule has 0 aromatic carbocycles. The van der Waals surface area contributed by atoms with E-state index in [0.717, 1.165) is 2.88 Å². The van der Waals surface area contributed by atoms with E-state index in [1.54, 1.807) is 17.6 Å². The van der Waals surface area contributed by atoms with E-state index in [-0.39, 0.29) is 5.91 Å². The van der Waals surface area contributed by atoms with Crippen LogP contribution in [0.15, 0.2) is 11.4 Å². The van der Waals surface area contributed by atoms with Crippen molar-refractivity contribution in [1.29, 1.82) is 5.26 Å². The van der Waals surface area contributed by atoms with Gasteiger partial charge in [-0.25, -0.2) is 0 Å². The normalized spacial score (nSPS) is 8.73. The third-order valence-corrected chi connectivity index (χ3v) is 2.79. The van der Waals surface area contributed by atoms with Gasteiger partial charge in [0.15, 0.2) is 6.19 Å². The van der Waals surface area contributed by atoms with Crippen LogP contribution in [0.4, 0.5) is 0 Å². The molecule has 0 aliphatic heterocycles. The van der Waals surface area contributed by atoms with Gasteiger partial charge in [-0.3, -0.25) is 10.1 Å². The zero-order valence-corrected chi connectivity index (χ0v) is 8.27. The maximum Gasteiger partial charge on any atom is 0.265 e. The zero-order chi connectivity index (χ0) is 8.27. The van der Waals surface area contributed by atoms with E-state index in [4.69, 9.17) is 5.26 Å². The van der Waals surface area contributed by atoms with Crippen molar-refractivity contribution in [3.63, 3.8) is 0 Å². The molecule has 0 fully saturated rings. The molecule has 0 saturated heterocycles. The quantitative estimate of drug-likeness (QED) is 0.481. The van der Waals surface area contributed by atoms with Crippen LogP contribution in [-0.4, -0.2) is 5.91 Å². The number of halogens is 1. The van der Waals surface area contributed by atoms with Crippen LogP contribution in [-0.2, 0) is 0 Å². The molecule has 0 bridgehead atoms. The van der Waals surface area contributed by atoms with Crippen LogP contribution in [0, 0.1) is 14.3 Å². The van der Waals surface area contributed by atoms with E-state index < -0.39 is 0 Å².